The van der Waals surface area contributed by atoms with E-state index in [4.69, 9.17) is 27.9 Å². The highest BCUT2D eigenvalue weighted by Crippen LogP contribution is 2.19. The lowest BCUT2D eigenvalue weighted by Crippen LogP contribution is -2.12. The van der Waals surface area contributed by atoms with Gasteiger partial charge in [0.15, 0.2) is 6.29 Å². The zero-order valence-electron chi connectivity index (χ0n) is 7.13. The Kier molecular flexibility index (Phi) is 4.00. The Morgan fingerprint density at radius 1 is 1.31 bits per heavy atom. The van der Waals surface area contributed by atoms with Crippen LogP contribution in [0, 0.1) is 0 Å². The first-order chi connectivity index (χ1) is 6.11. The summed E-state index contributed by atoms with van der Waals surface area (Å²) in [5.41, 5.74) is 0.854. The zero-order valence-corrected chi connectivity index (χ0v) is 8.64. The third-order valence-electron chi connectivity index (χ3n) is 1.60. The van der Waals surface area contributed by atoms with Crippen LogP contribution in [-0.2, 0) is 11.2 Å². The topological polar surface area (TPSA) is 29.5 Å². The van der Waals surface area contributed by atoms with Crippen LogP contribution in [-0.4, -0.2) is 18.5 Å². The molecule has 1 aromatic rings. The van der Waals surface area contributed by atoms with E-state index in [0.29, 0.717) is 16.5 Å². The molecule has 0 radical (unpaired) electrons. The van der Waals surface area contributed by atoms with Crippen molar-refractivity contribution < 1.29 is 9.84 Å². The van der Waals surface area contributed by atoms with Gasteiger partial charge < -0.3 is 9.84 Å². The highest BCUT2D eigenvalue weighted by molar-refractivity contribution is 6.34. The van der Waals surface area contributed by atoms with E-state index < -0.39 is 6.29 Å². The predicted octanol–water partition coefficient (Wildman–Crippen LogP) is 2.50. The quantitative estimate of drug-likeness (QED) is 0.794. The van der Waals surface area contributed by atoms with Crippen LogP contribution >= 0.6 is 23.2 Å². The van der Waals surface area contributed by atoms with E-state index in [-0.39, 0.29) is 0 Å². The third kappa shape index (κ3) is 3.53. The van der Waals surface area contributed by atoms with Gasteiger partial charge in [-0.05, 0) is 23.8 Å². The van der Waals surface area contributed by atoms with Crippen molar-refractivity contribution in [3.8, 4) is 0 Å². The Bertz CT molecular complexity index is 269. The molecule has 1 rings (SSSR count). The molecule has 0 fully saturated rings. The summed E-state index contributed by atoms with van der Waals surface area (Å²) in [6, 6.07) is 5.14. The molecule has 0 aliphatic rings. The first-order valence-electron chi connectivity index (χ1n) is 3.77. The number of benzene rings is 1. The van der Waals surface area contributed by atoms with Crippen LogP contribution in [0.25, 0.3) is 0 Å². The summed E-state index contributed by atoms with van der Waals surface area (Å²) < 4.78 is 4.70. The molecule has 4 heteroatoms. The molecule has 0 saturated carbocycles. The lowest BCUT2D eigenvalue weighted by molar-refractivity contribution is -0.0720. The highest BCUT2D eigenvalue weighted by Gasteiger charge is 2.04. The van der Waals surface area contributed by atoms with Crippen molar-refractivity contribution >= 4 is 23.2 Å². The van der Waals surface area contributed by atoms with E-state index in [2.05, 4.69) is 0 Å². The highest BCUT2D eigenvalue weighted by atomic mass is 35.5. The van der Waals surface area contributed by atoms with Crippen LogP contribution in [0.1, 0.15) is 5.56 Å². The molecular formula is C9H10Cl2O2. The molecular weight excluding hydrogens is 211 g/mol. The second-order valence-corrected chi connectivity index (χ2v) is 3.55. The van der Waals surface area contributed by atoms with Gasteiger partial charge in [0.2, 0.25) is 0 Å². The molecule has 1 unspecified atom stereocenters. The molecule has 2 nitrogen and oxygen atoms in total. The summed E-state index contributed by atoms with van der Waals surface area (Å²) in [5.74, 6) is 0. The van der Waals surface area contributed by atoms with Crippen molar-refractivity contribution in [1.82, 2.24) is 0 Å². The number of hydrogen-bond donors (Lipinski definition) is 1. The van der Waals surface area contributed by atoms with Crippen LogP contribution in [0.15, 0.2) is 18.2 Å². The van der Waals surface area contributed by atoms with Crippen LogP contribution in [0.3, 0.4) is 0 Å². The van der Waals surface area contributed by atoms with Gasteiger partial charge in [0.1, 0.15) is 0 Å². The summed E-state index contributed by atoms with van der Waals surface area (Å²) in [7, 11) is 1.44. The minimum atomic E-state index is -0.811. The van der Waals surface area contributed by atoms with Crippen LogP contribution in [0.5, 0.6) is 0 Å². The van der Waals surface area contributed by atoms with Crippen molar-refractivity contribution in [2.45, 2.75) is 12.7 Å². The fraction of sp³-hybridized carbons (Fsp3) is 0.333. The smallest absolute Gasteiger partial charge is 0.158 e. The van der Waals surface area contributed by atoms with Gasteiger partial charge in [-0.2, -0.15) is 0 Å². The summed E-state index contributed by atoms with van der Waals surface area (Å²) in [5, 5.41) is 10.3. The lowest BCUT2D eigenvalue weighted by Gasteiger charge is -2.08. The van der Waals surface area contributed by atoms with Crippen LogP contribution < -0.4 is 0 Å². The fourth-order valence-corrected chi connectivity index (χ4v) is 1.59. The number of methoxy groups -OCH3 is 1. The van der Waals surface area contributed by atoms with E-state index in [1.54, 1.807) is 18.2 Å². The molecule has 1 atom stereocenters. The second-order valence-electron chi connectivity index (χ2n) is 2.67. The predicted molar refractivity (Wildman–Crippen MR) is 53.2 cm³/mol. The molecule has 0 spiro atoms. The first-order valence-corrected chi connectivity index (χ1v) is 4.53. The molecule has 0 amide bonds. The number of rotatable bonds is 3. The van der Waals surface area contributed by atoms with Gasteiger partial charge in [-0.3, -0.25) is 0 Å². The maximum absolute atomic E-state index is 9.18. The van der Waals surface area contributed by atoms with E-state index in [0.717, 1.165) is 5.56 Å². The fourth-order valence-electron chi connectivity index (χ4n) is 1.01. The minimum absolute atomic E-state index is 0.386. The molecule has 0 saturated heterocycles. The zero-order chi connectivity index (χ0) is 9.84. The summed E-state index contributed by atoms with van der Waals surface area (Å²) in [6.07, 6.45) is -0.425. The number of ether oxygens (including phenoxy) is 1. The molecule has 0 aromatic heterocycles. The van der Waals surface area contributed by atoms with Crippen LogP contribution in [0.4, 0.5) is 0 Å². The SMILES string of the molecule is COC(O)Cc1cc(Cl)cc(Cl)c1. The second kappa shape index (κ2) is 4.82. The number of aliphatic hydroxyl groups is 1. The van der Waals surface area contributed by atoms with Gasteiger partial charge in [0.05, 0.1) is 0 Å². The van der Waals surface area contributed by atoms with Gasteiger partial charge in [-0.15, -0.1) is 0 Å². The van der Waals surface area contributed by atoms with Gasteiger partial charge in [0.25, 0.3) is 0 Å². The largest absolute Gasteiger partial charge is 0.368 e. The van der Waals surface area contributed by atoms with Gasteiger partial charge in [-0.1, -0.05) is 23.2 Å². The van der Waals surface area contributed by atoms with Crippen molar-refractivity contribution in [3.63, 3.8) is 0 Å². The molecule has 13 heavy (non-hydrogen) atoms. The van der Waals surface area contributed by atoms with Crippen LogP contribution in [0.2, 0.25) is 10.0 Å². The van der Waals surface area contributed by atoms with Crippen molar-refractivity contribution in [2.24, 2.45) is 0 Å². The van der Waals surface area contributed by atoms with E-state index in [1.165, 1.54) is 7.11 Å². The van der Waals surface area contributed by atoms with Gasteiger partial charge in [-0.25, -0.2) is 0 Å². The van der Waals surface area contributed by atoms with Crippen molar-refractivity contribution in [3.05, 3.63) is 33.8 Å². The normalized spacial score (nSPS) is 12.9. The average molecular weight is 221 g/mol. The lowest BCUT2D eigenvalue weighted by atomic mass is 10.1. The Hall–Kier alpha value is -0.280. The Labute approximate surface area is 87.0 Å². The maximum Gasteiger partial charge on any atom is 0.158 e. The van der Waals surface area contributed by atoms with Crippen molar-refractivity contribution in [2.75, 3.05) is 7.11 Å². The van der Waals surface area contributed by atoms with E-state index in [1.807, 2.05) is 0 Å². The monoisotopic (exact) mass is 220 g/mol. The molecule has 1 N–H and O–H groups in total. The summed E-state index contributed by atoms with van der Waals surface area (Å²) in [6.45, 7) is 0. The standard InChI is InChI=1S/C9H10Cl2O2/c1-13-9(12)4-6-2-7(10)5-8(11)3-6/h2-3,5,9,12H,4H2,1H3. The molecule has 1 aromatic carbocycles. The summed E-state index contributed by atoms with van der Waals surface area (Å²) in [4.78, 5) is 0. The third-order valence-corrected chi connectivity index (χ3v) is 2.04. The Balaban J connectivity index is 2.77. The molecule has 0 heterocycles. The number of aliphatic hydroxyl groups excluding tert-OH is 1. The maximum atomic E-state index is 9.18. The number of halogens is 2. The number of hydrogen-bond acceptors (Lipinski definition) is 2. The molecule has 72 valence electrons. The van der Waals surface area contributed by atoms with Crippen molar-refractivity contribution in [1.29, 1.82) is 0 Å². The van der Waals surface area contributed by atoms with Gasteiger partial charge >= 0.3 is 0 Å². The molecule has 0 aliphatic heterocycles. The Morgan fingerprint density at radius 3 is 2.31 bits per heavy atom. The molecule has 0 bridgehead atoms. The van der Waals surface area contributed by atoms with E-state index >= 15 is 0 Å². The van der Waals surface area contributed by atoms with Gasteiger partial charge in [0, 0.05) is 23.6 Å². The summed E-state index contributed by atoms with van der Waals surface area (Å²) >= 11 is 11.5. The first kappa shape index (κ1) is 10.8. The minimum Gasteiger partial charge on any atom is -0.368 e. The average Bonchev–Trinajstić information content (AvgIpc) is 2.02. The Morgan fingerprint density at radius 2 is 1.85 bits per heavy atom. The van der Waals surface area contributed by atoms with E-state index in [9.17, 15) is 5.11 Å². The molecule has 0 aliphatic carbocycles.